The standard InChI is InChI=1S/C15H8ClNO4/c16-9-5-6-14-11(7-9)13(18)8-15(21-14)10-3-1-2-4-12(10)17(19)20/h1-8H. The van der Waals surface area contributed by atoms with Crippen molar-refractivity contribution in [2.24, 2.45) is 0 Å². The molecule has 0 N–H and O–H groups in total. The van der Waals surface area contributed by atoms with Crippen molar-refractivity contribution in [3.8, 4) is 11.3 Å². The first-order valence-electron chi connectivity index (χ1n) is 6.03. The number of nitro benzene ring substituents is 1. The maximum atomic E-state index is 12.1. The van der Waals surface area contributed by atoms with Crippen molar-refractivity contribution in [2.75, 3.05) is 0 Å². The molecule has 5 nitrogen and oxygen atoms in total. The number of para-hydroxylation sites is 1. The van der Waals surface area contributed by atoms with Crippen LogP contribution in [0.25, 0.3) is 22.3 Å². The zero-order valence-electron chi connectivity index (χ0n) is 10.6. The van der Waals surface area contributed by atoms with E-state index in [9.17, 15) is 14.9 Å². The summed E-state index contributed by atoms with van der Waals surface area (Å²) in [5, 5.41) is 11.8. The highest BCUT2D eigenvalue weighted by molar-refractivity contribution is 6.31. The van der Waals surface area contributed by atoms with E-state index >= 15 is 0 Å². The Morgan fingerprint density at radius 3 is 2.62 bits per heavy atom. The van der Waals surface area contributed by atoms with Crippen LogP contribution >= 0.6 is 11.6 Å². The average molecular weight is 302 g/mol. The highest BCUT2D eigenvalue weighted by atomic mass is 35.5. The molecule has 21 heavy (non-hydrogen) atoms. The largest absolute Gasteiger partial charge is 0.456 e. The van der Waals surface area contributed by atoms with Crippen molar-refractivity contribution in [2.45, 2.75) is 0 Å². The van der Waals surface area contributed by atoms with Crippen molar-refractivity contribution in [3.05, 3.63) is 73.9 Å². The number of nitro groups is 1. The second kappa shape index (κ2) is 5.03. The monoisotopic (exact) mass is 301 g/mol. The van der Waals surface area contributed by atoms with E-state index in [1.54, 1.807) is 24.3 Å². The molecular formula is C15H8ClNO4. The van der Waals surface area contributed by atoms with Crippen molar-refractivity contribution in [3.63, 3.8) is 0 Å². The summed E-state index contributed by atoms with van der Waals surface area (Å²) in [5.41, 5.74) is 0.178. The van der Waals surface area contributed by atoms with Crippen LogP contribution in [0.4, 0.5) is 5.69 Å². The van der Waals surface area contributed by atoms with Crippen LogP contribution in [0.2, 0.25) is 5.02 Å². The van der Waals surface area contributed by atoms with Crippen molar-refractivity contribution in [1.82, 2.24) is 0 Å². The molecule has 0 bridgehead atoms. The van der Waals surface area contributed by atoms with E-state index in [4.69, 9.17) is 16.0 Å². The predicted molar refractivity (Wildman–Crippen MR) is 79.6 cm³/mol. The summed E-state index contributed by atoms with van der Waals surface area (Å²) in [7, 11) is 0. The number of nitrogens with zero attached hydrogens (tertiary/aromatic N) is 1. The first-order valence-corrected chi connectivity index (χ1v) is 6.41. The first-order chi connectivity index (χ1) is 10.1. The SMILES string of the molecule is O=c1cc(-c2ccccc2[N+](=O)[O-])oc2ccc(Cl)cc12. The Hall–Kier alpha value is -2.66. The molecule has 1 aromatic heterocycles. The Morgan fingerprint density at radius 2 is 1.86 bits per heavy atom. The lowest BCUT2D eigenvalue weighted by Crippen LogP contribution is -2.01. The van der Waals surface area contributed by atoms with Gasteiger partial charge in [0.05, 0.1) is 15.9 Å². The van der Waals surface area contributed by atoms with Gasteiger partial charge in [-0.1, -0.05) is 23.7 Å². The lowest BCUT2D eigenvalue weighted by molar-refractivity contribution is -0.384. The number of rotatable bonds is 2. The van der Waals surface area contributed by atoms with Crippen LogP contribution in [0.15, 0.2) is 57.7 Å². The van der Waals surface area contributed by atoms with E-state index in [2.05, 4.69) is 0 Å². The van der Waals surface area contributed by atoms with Gasteiger partial charge in [0.15, 0.2) is 5.43 Å². The summed E-state index contributed by atoms with van der Waals surface area (Å²) in [6, 6.07) is 12.0. The highest BCUT2D eigenvalue weighted by Crippen LogP contribution is 2.30. The van der Waals surface area contributed by atoms with Crippen LogP contribution in [0.1, 0.15) is 0 Å². The van der Waals surface area contributed by atoms with E-state index < -0.39 is 4.92 Å². The van der Waals surface area contributed by atoms with E-state index in [1.807, 2.05) is 0 Å². The van der Waals surface area contributed by atoms with Gasteiger partial charge in [-0.3, -0.25) is 14.9 Å². The van der Waals surface area contributed by atoms with Crippen LogP contribution in [-0.2, 0) is 0 Å². The number of hydrogen-bond acceptors (Lipinski definition) is 4. The third-order valence-corrected chi connectivity index (χ3v) is 3.29. The van der Waals surface area contributed by atoms with Gasteiger partial charge in [-0.05, 0) is 24.3 Å². The summed E-state index contributed by atoms with van der Waals surface area (Å²) < 4.78 is 5.61. The second-order valence-corrected chi connectivity index (χ2v) is 4.83. The normalized spacial score (nSPS) is 10.7. The van der Waals surface area contributed by atoms with Crippen molar-refractivity contribution in [1.29, 1.82) is 0 Å². The number of halogens is 1. The first kappa shape index (κ1) is 13.3. The second-order valence-electron chi connectivity index (χ2n) is 4.39. The lowest BCUT2D eigenvalue weighted by atomic mass is 10.1. The van der Waals surface area contributed by atoms with Crippen molar-refractivity contribution >= 4 is 28.3 Å². The zero-order chi connectivity index (χ0) is 15.0. The third-order valence-electron chi connectivity index (χ3n) is 3.06. The van der Waals surface area contributed by atoms with Crippen LogP contribution in [0.3, 0.4) is 0 Å². The molecule has 0 aliphatic heterocycles. The quantitative estimate of drug-likeness (QED) is 0.529. The van der Waals surface area contributed by atoms with Crippen LogP contribution in [0, 0.1) is 10.1 Å². The van der Waals surface area contributed by atoms with Gasteiger partial charge in [-0.2, -0.15) is 0 Å². The highest BCUT2D eigenvalue weighted by Gasteiger charge is 2.17. The molecule has 104 valence electrons. The summed E-state index contributed by atoms with van der Waals surface area (Å²) in [5.74, 6) is 0.155. The Balaban J connectivity index is 2.30. The number of benzene rings is 2. The molecule has 0 aliphatic carbocycles. The summed E-state index contributed by atoms with van der Waals surface area (Å²) in [6.07, 6.45) is 0. The molecule has 2 aromatic carbocycles. The fourth-order valence-electron chi connectivity index (χ4n) is 2.10. The minimum atomic E-state index is -0.513. The lowest BCUT2D eigenvalue weighted by Gasteiger charge is -2.04. The van der Waals surface area contributed by atoms with E-state index in [-0.39, 0.29) is 22.4 Å². The molecule has 0 amide bonds. The van der Waals surface area contributed by atoms with Gasteiger partial charge >= 0.3 is 0 Å². The van der Waals surface area contributed by atoms with E-state index in [1.165, 1.54) is 24.3 Å². The van der Waals surface area contributed by atoms with Gasteiger partial charge < -0.3 is 4.42 Å². The molecule has 0 radical (unpaired) electrons. The van der Waals surface area contributed by atoms with E-state index in [0.717, 1.165) is 0 Å². The third kappa shape index (κ3) is 2.39. The smallest absolute Gasteiger partial charge is 0.280 e. The molecule has 0 atom stereocenters. The number of fused-ring (bicyclic) bond motifs is 1. The Labute approximate surface area is 123 Å². The maximum absolute atomic E-state index is 12.1. The summed E-state index contributed by atoms with van der Waals surface area (Å²) in [4.78, 5) is 22.7. The van der Waals surface area contributed by atoms with Crippen molar-refractivity contribution < 1.29 is 9.34 Å². The Morgan fingerprint density at radius 1 is 1.10 bits per heavy atom. The van der Waals surface area contributed by atoms with Crippen LogP contribution in [0.5, 0.6) is 0 Å². The molecule has 0 fully saturated rings. The molecule has 1 heterocycles. The maximum Gasteiger partial charge on any atom is 0.280 e. The van der Waals surface area contributed by atoms with Gasteiger partial charge in [-0.15, -0.1) is 0 Å². The van der Waals surface area contributed by atoms with E-state index in [0.29, 0.717) is 16.0 Å². The topological polar surface area (TPSA) is 73.3 Å². The average Bonchev–Trinajstić information content (AvgIpc) is 2.47. The minimum absolute atomic E-state index is 0.117. The minimum Gasteiger partial charge on any atom is -0.456 e. The van der Waals surface area contributed by atoms with Gasteiger partial charge in [0.2, 0.25) is 0 Å². The van der Waals surface area contributed by atoms with Gasteiger partial charge in [0, 0.05) is 17.2 Å². The van der Waals surface area contributed by atoms with Gasteiger partial charge in [0.25, 0.3) is 5.69 Å². The van der Waals surface area contributed by atoms with Crippen LogP contribution < -0.4 is 5.43 Å². The summed E-state index contributed by atoms with van der Waals surface area (Å²) in [6.45, 7) is 0. The molecule has 3 rings (SSSR count). The van der Waals surface area contributed by atoms with Crippen LogP contribution in [-0.4, -0.2) is 4.92 Å². The molecule has 0 unspecified atom stereocenters. The predicted octanol–water partition coefficient (Wildman–Crippen LogP) is 4.02. The molecular weight excluding hydrogens is 294 g/mol. The Bertz CT molecular complexity index is 917. The fourth-order valence-corrected chi connectivity index (χ4v) is 2.27. The summed E-state index contributed by atoms with van der Waals surface area (Å²) >= 11 is 5.84. The molecule has 6 heteroatoms. The van der Waals surface area contributed by atoms with Gasteiger partial charge in [0.1, 0.15) is 11.3 Å². The Kier molecular flexibility index (Phi) is 3.19. The molecule has 0 aliphatic rings. The van der Waals surface area contributed by atoms with Gasteiger partial charge in [-0.25, -0.2) is 0 Å². The fraction of sp³-hybridized carbons (Fsp3) is 0. The molecule has 0 saturated heterocycles. The molecule has 0 spiro atoms. The molecule has 3 aromatic rings. The molecule has 0 saturated carbocycles. The zero-order valence-corrected chi connectivity index (χ0v) is 11.3. The number of hydrogen-bond donors (Lipinski definition) is 0.